The van der Waals surface area contributed by atoms with Gasteiger partial charge in [0.1, 0.15) is 11.7 Å². The Balaban J connectivity index is 1.23. The van der Waals surface area contributed by atoms with Crippen molar-refractivity contribution in [3.05, 3.63) is 47.8 Å². The van der Waals surface area contributed by atoms with Crippen molar-refractivity contribution in [2.24, 2.45) is 11.8 Å². The lowest BCUT2D eigenvalue weighted by molar-refractivity contribution is -0.151. The largest absolute Gasteiger partial charge is 0.457 e. The maximum atomic E-state index is 13.4. The van der Waals surface area contributed by atoms with Crippen LogP contribution in [0.5, 0.6) is 0 Å². The summed E-state index contributed by atoms with van der Waals surface area (Å²) >= 11 is 0. The van der Waals surface area contributed by atoms with Crippen LogP contribution in [0.25, 0.3) is 0 Å². The Kier molecular flexibility index (Phi) is 13.1. The summed E-state index contributed by atoms with van der Waals surface area (Å²) in [6, 6.07) is 0.599. The Morgan fingerprint density at radius 3 is 2.51 bits per heavy atom. The molecule has 2 N–H and O–H groups in total. The van der Waals surface area contributed by atoms with Gasteiger partial charge in [-0.1, -0.05) is 69.0 Å². The fourth-order valence-corrected chi connectivity index (χ4v) is 7.34. The van der Waals surface area contributed by atoms with Crippen molar-refractivity contribution in [3.63, 3.8) is 0 Å². The van der Waals surface area contributed by atoms with Crippen LogP contribution >= 0.6 is 0 Å². The van der Waals surface area contributed by atoms with Crippen LogP contribution in [0.15, 0.2) is 42.2 Å². The molecule has 2 aliphatic heterocycles. The zero-order valence-corrected chi connectivity index (χ0v) is 30.1. The number of carbonyl (C=O) groups excluding carboxylic acids is 2. The molecule has 11 nitrogen and oxygen atoms in total. The van der Waals surface area contributed by atoms with E-state index < -0.39 is 36.0 Å². The Bertz CT molecular complexity index is 1320. The van der Waals surface area contributed by atoms with Crippen LogP contribution in [-0.2, 0) is 20.8 Å². The van der Waals surface area contributed by atoms with Gasteiger partial charge in [0.05, 0.1) is 18.2 Å². The van der Waals surface area contributed by atoms with Crippen LogP contribution in [0.3, 0.4) is 0 Å². The van der Waals surface area contributed by atoms with Crippen molar-refractivity contribution in [1.82, 2.24) is 24.8 Å². The van der Waals surface area contributed by atoms with E-state index in [0.29, 0.717) is 25.0 Å². The van der Waals surface area contributed by atoms with Gasteiger partial charge in [-0.2, -0.15) is 0 Å². The summed E-state index contributed by atoms with van der Waals surface area (Å²) in [6.07, 6.45) is 18.8. The van der Waals surface area contributed by atoms with Crippen LogP contribution in [0.4, 0.5) is 4.79 Å². The number of cyclic esters (lactones) is 1. The van der Waals surface area contributed by atoms with E-state index in [-0.39, 0.29) is 31.1 Å². The number of hydrogen-bond acceptors (Lipinski definition) is 9. The number of aliphatic hydroxyl groups excluding tert-OH is 1. The predicted octanol–water partition coefficient (Wildman–Crippen LogP) is 5.54. The minimum absolute atomic E-state index is 0.148. The minimum atomic E-state index is -1.44. The summed E-state index contributed by atoms with van der Waals surface area (Å²) in [6.45, 7) is 11.2. The van der Waals surface area contributed by atoms with Gasteiger partial charge in [0.2, 0.25) is 0 Å². The first kappa shape index (κ1) is 37.2. The normalized spacial score (nSPS) is 31.8. The molecule has 49 heavy (non-hydrogen) atoms. The number of esters is 1. The molecule has 1 aromatic rings. The van der Waals surface area contributed by atoms with Crippen molar-refractivity contribution in [1.29, 1.82) is 0 Å². The standard InChI is InChI=1S/C38H59N5O6/c1-27(25-43-26-33(39-40-43)30-15-16-30)10-9-11-28(2)36-29(3)14-17-34(38(4,47)19-18-32(44)24-35(45)49-36)48-37(46)42-22-20-41(21-23-42)31-12-7-5-6-8-13-31/h9-11,14,17,26-27,29-32,34,36,44,47H,5-8,12-13,15-16,18-25H2,1-4H3/b10-9+,17-14+,28-11+/t27-,29+,32+,34+,36-,38+/m1/s1. The molecule has 0 unspecified atom stereocenters. The molecule has 3 heterocycles. The quantitative estimate of drug-likeness (QED) is 0.157. The third kappa shape index (κ3) is 11.0. The molecule has 0 aromatic carbocycles. The van der Waals surface area contributed by atoms with Gasteiger partial charge in [0, 0.05) is 56.8 Å². The topological polar surface area (TPSA) is 130 Å². The average Bonchev–Trinajstić information content (AvgIpc) is 3.87. The average molecular weight is 682 g/mol. The van der Waals surface area contributed by atoms with E-state index in [1.165, 1.54) is 51.4 Å². The number of aromatic nitrogens is 3. The fourth-order valence-electron chi connectivity index (χ4n) is 7.34. The van der Waals surface area contributed by atoms with Crippen LogP contribution in [-0.4, -0.2) is 103 Å². The fraction of sp³-hybridized carbons (Fsp3) is 0.737. The summed E-state index contributed by atoms with van der Waals surface area (Å²) < 4.78 is 13.8. The molecule has 0 radical (unpaired) electrons. The number of piperazine rings is 1. The minimum Gasteiger partial charge on any atom is -0.457 e. The van der Waals surface area contributed by atoms with Gasteiger partial charge in [-0.3, -0.25) is 14.4 Å². The number of nitrogens with zero attached hydrogens (tertiary/aromatic N) is 5. The van der Waals surface area contributed by atoms with E-state index in [1.807, 2.05) is 43.0 Å². The second kappa shape index (κ2) is 17.3. The SMILES string of the molecule is C/C(=C\C=C\[C@@H](C)Cn1cc(C2CC2)nn1)[C@H]1OC(=O)C[C@@H](O)CC[C@](C)(O)[C@@H](OC(=O)N2CCN(C3CCCCCC3)CC2)/C=C/[C@@H]1C. The van der Waals surface area contributed by atoms with Gasteiger partial charge >= 0.3 is 12.1 Å². The number of aliphatic hydroxyl groups is 2. The summed E-state index contributed by atoms with van der Waals surface area (Å²) in [5, 5.41) is 30.8. The van der Waals surface area contributed by atoms with Gasteiger partial charge in [-0.15, -0.1) is 5.10 Å². The highest BCUT2D eigenvalue weighted by Gasteiger charge is 2.37. The number of allylic oxidation sites excluding steroid dienone is 3. The first-order chi connectivity index (χ1) is 23.5. The Hall–Kier alpha value is -3.02. The molecule has 1 saturated heterocycles. The van der Waals surface area contributed by atoms with Crippen LogP contribution in [0.1, 0.15) is 110 Å². The van der Waals surface area contributed by atoms with Crippen LogP contribution < -0.4 is 0 Å². The lowest BCUT2D eigenvalue weighted by Gasteiger charge is -2.40. The van der Waals surface area contributed by atoms with Crippen molar-refractivity contribution in [2.45, 2.75) is 141 Å². The summed E-state index contributed by atoms with van der Waals surface area (Å²) in [4.78, 5) is 30.6. The van der Waals surface area contributed by atoms with Gasteiger partial charge in [-0.05, 0) is 69.9 Å². The number of rotatable bonds is 8. The van der Waals surface area contributed by atoms with Gasteiger partial charge in [-0.25, -0.2) is 4.79 Å². The highest BCUT2D eigenvalue weighted by molar-refractivity contribution is 5.70. The van der Waals surface area contributed by atoms with Gasteiger partial charge in [0.25, 0.3) is 0 Å². The van der Waals surface area contributed by atoms with Crippen molar-refractivity contribution in [3.8, 4) is 0 Å². The van der Waals surface area contributed by atoms with E-state index in [1.54, 1.807) is 17.9 Å². The van der Waals surface area contributed by atoms with E-state index in [9.17, 15) is 19.8 Å². The van der Waals surface area contributed by atoms with E-state index in [2.05, 4.69) is 28.2 Å². The zero-order valence-electron chi connectivity index (χ0n) is 30.1. The van der Waals surface area contributed by atoms with Crippen molar-refractivity contribution >= 4 is 12.1 Å². The number of amides is 1. The van der Waals surface area contributed by atoms with E-state index >= 15 is 0 Å². The van der Waals surface area contributed by atoms with Gasteiger partial charge < -0.3 is 24.6 Å². The Labute approximate surface area is 292 Å². The highest BCUT2D eigenvalue weighted by Crippen LogP contribution is 2.38. The monoisotopic (exact) mass is 681 g/mol. The maximum Gasteiger partial charge on any atom is 0.410 e. The molecule has 0 bridgehead atoms. The van der Waals surface area contributed by atoms with Crippen LogP contribution in [0, 0.1) is 11.8 Å². The summed E-state index contributed by atoms with van der Waals surface area (Å²) in [5.41, 5.74) is 0.468. The lowest BCUT2D eigenvalue weighted by atomic mass is 9.89. The van der Waals surface area contributed by atoms with Crippen molar-refractivity contribution in [2.75, 3.05) is 26.2 Å². The number of carbonyl (C=O) groups is 2. The van der Waals surface area contributed by atoms with E-state index in [4.69, 9.17) is 9.47 Å². The molecule has 2 aliphatic carbocycles. The molecular formula is C38H59N5O6. The smallest absolute Gasteiger partial charge is 0.410 e. The first-order valence-corrected chi connectivity index (χ1v) is 18.7. The predicted molar refractivity (Wildman–Crippen MR) is 188 cm³/mol. The second-order valence-corrected chi connectivity index (χ2v) is 15.3. The third-order valence-electron chi connectivity index (χ3n) is 10.7. The number of hydrogen-bond donors (Lipinski definition) is 2. The maximum absolute atomic E-state index is 13.4. The molecule has 272 valence electrons. The third-order valence-corrected chi connectivity index (χ3v) is 10.7. The zero-order chi connectivity index (χ0) is 35.0. The molecule has 0 spiro atoms. The highest BCUT2D eigenvalue weighted by atomic mass is 16.6. The molecule has 3 fully saturated rings. The lowest BCUT2D eigenvalue weighted by Crippen LogP contribution is -2.53. The summed E-state index contributed by atoms with van der Waals surface area (Å²) in [7, 11) is 0. The second-order valence-electron chi connectivity index (χ2n) is 15.3. The molecular weight excluding hydrogens is 622 g/mol. The van der Waals surface area contributed by atoms with Gasteiger partial charge in [0.15, 0.2) is 6.10 Å². The summed E-state index contributed by atoms with van der Waals surface area (Å²) in [5.74, 6) is -0.00650. The number of ether oxygens (including phenoxy) is 2. The van der Waals surface area contributed by atoms with Crippen LogP contribution in [0.2, 0.25) is 0 Å². The molecule has 6 atom stereocenters. The molecule has 4 aliphatic rings. The molecule has 2 saturated carbocycles. The molecule has 1 aromatic heterocycles. The molecule has 1 amide bonds. The Morgan fingerprint density at radius 2 is 1.82 bits per heavy atom. The molecule has 11 heteroatoms. The molecule has 5 rings (SSSR count). The Morgan fingerprint density at radius 1 is 1.10 bits per heavy atom. The van der Waals surface area contributed by atoms with E-state index in [0.717, 1.165) is 30.9 Å². The van der Waals surface area contributed by atoms with Crippen molar-refractivity contribution < 1.29 is 29.3 Å². The first-order valence-electron chi connectivity index (χ1n) is 18.7.